The second-order valence-electron chi connectivity index (χ2n) is 6.65. The maximum absolute atomic E-state index is 11.7. The molecular formula is C22H35NO2. The highest BCUT2D eigenvalue weighted by molar-refractivity contribution is 5.69. The molecule has 140 valence electrons. The van der Waals surface area contributed by atoms with Crippen molar-refractivity contribution < 1.29 is 9.53 Å². The van der Waals surface area contributed by atoms with Crippen LogP contribution in [0.1, 0.15) is 89.5 Å². The molecule has 0 aromatic carbocycles. The lowest BCUT2D eigenvalue weighted by Crippen LogP contribution is -2.04. The molecule has 0 saturated carbocycles. The predicted molar refractivity (Wildman–Crippen MR) is 104 cm³/mol. The van der Waals surface area contributed by atoms with Crippen LogP contribution < -0.4 is 0 Å². The number of allylic oxidation sites excluding steroid dienone is 2. The van der Waals surface area contributed by atoms with Gasteiger partial charge in [0.05, 0.1) is 0 Å². The lowest BCUT2D eigenvalue weighted by molar-refractivity contribution is -0.145. The Morgan fingerprint density at radius 3 is 2.36 bits per heavy atom. The van der Waals surface area contributed by atoms with Crippen LogP contribution in [-0.2, 0) is 16.1 Å². The molecule has 0 aliphatic carbocycles. The van der Waals surface area contributed by atoms with Gasteiger partial charge in [0.2, 0.25) is 0 Å². The van der Waals surface area contributed by atoms with E-state index in [1.807, 2.05) is 12.1 Å². The van der Waals surface area contributed by atoms with Crippen molar-refractivity contribution >= 4 is 5.97 Å². The van der Waals surface area contributed by atoms with Gasteiger partial charge in [0.25, 0.3) is 0 Å². The molecule has 0 unspecified atom stereocenters. The first-order valence-corrected chi connectivity index (χ1v) is 10.0. The highest BCUT2D eigenvalue weighted by atomic mass is 16.5. The third-order valence-corrected chi connectivity index (χ3v) is 4.27. The van der Waals surface area contributed by atoms with Gasteiger partial charge in [0.1, 0.15) is 6.61 Å². The summed E-state index contributed by atoms with van der Waals surface area (Å²) in [6.45, 7) is 2.58. The zero-order valence-electron chi connectivity index (χ0n) is 15.9. The Labute approximate surface area is 153 Å². The normalized spacial score (nSPS) is 11.1. The fourth-order valence-electron chi connectivity index (χ4n) is 2.71. The first kappa shape index (κ1) is 21.4. The van der Waals surface area contributed by atoms with E-state index in [1.54, 1.807) is 12.4 Å². The molecule has 0 aliphatic rings. The number of hydrogen-bond donors (Lipinski definition) is 0. The Hall–Kier alpha value is -1.64. The topological polar surface area (TPSA) is 39.2 Å². The zero-order chi connectivity index (χ0) is 18.0. The molecule has 0 bridgehead atoms. The van der Waals surface area contributed by atoms with Gasteiger partial charge in [-0.1, -0.05) is 63.7 Å². The Kier molecular flexibility index (Phi) is 13.6. The van der Waals surface area contributed by atoms with Crippen molar-refractivity contribution in [2.75, 3.05) is 0 Å². The van der Waals surface area contributed by atoms with Gasteiger partial charge in [-0.25, -0.2) is 0 Å². The maximum atomic E-state index is 11.7. The molecule has 0 amide bonds. The maximum Gasteiger partial charge on any atom is 0.306 e. The largest absolute Gasteiger partial charge is 0.461 e. The van der Waals surface area contributed by atoms with Gasteiger partial charge < -0.3 is 4.74 Å². The number of ether oxygens (including phenoxy) is 1. The smallest absolute Gasteiger partial charge is 0.306 e. The molecule has 1 heterocycles. The molecule has 0 fully saturated rings. The summed E-state index contributed by atoms with van der Waals surface area (Å²) in [6.07, 6.45) is 22.2. The fraction of sp³-hybridized carbons (Fsp3) is 0.636. The molecule has 1 aromatic rings. The molecule has 0 atom stereocenters. The minimum absolute atomic E-state index is 0.0999. The van der Waals surface area contributed by atoms with Crippen LogP contribution in [0, 0.1) is 0 Å². The molecule has 0 aliphatic heterocycles. The lowest BCUT2D eigenvalue weighted by atomic mass is 10.1. The van der Waals surface area contributed by atoms with Crippen molar-refractivity contribution in [2.45, 2.75) is 90.6 Å². The Morgan fingerprint density at radius 1 is 1.00 bits per heavy atom. The molecule has 1 aromatic heterocycles. The van der Waals surface area contributed by atoms with E-state index in [4.69, 9.17) is 4.74 Å². The summed E-state index contributed by atoms with van der Waals surface area (Å²) in [7, 11) is 0. The highest BCUT2D eigenvalue weighted by Crippen LogP contribution is 2.10. The summed E-state index contributed by atoms with van der Waals surface area (Å²) in [6, 6.07) is 3.77. The zero-order valence-corrected chi connectivity index (χ0v) is 15.9. The number of nitrogens with zero attached hydrogens (tertiary/aromatic N) is 1. The van der Waals surface area contributed by atoms with Crippen LogP contribution in [0.15, 0.2) is 36.7 Å². The van der Waals surface area contributed by atoms with Gasteiger partial charge >= 0.3 is 5.97 Å². The van der Waals surface area contributed by atoms with Gasteiger partial charge in [0, 0.05) is 24.4 Å². The van der Waals surface area contributed by atoms with E-state index in [9.17, 15) is 4.79 Å². The van der Waals surface area contributed by atoms with E-state index >= 15 is 0 Å². The Morgan fingerprint density at radius 2 is 1.68 bits per heavy atom. The molecule has 3 nitrogen and oxygen atoms in total. The molecule has 3 heteroatoms. The summed E-state index contributed by atoms with van der Waals surface area (Å²) < 4.78 is 5.25. The predicted octanol–water partition coefficient (Wildman–Crippen LogP) is 6.38. The van der Waals surface area contributed by atoms with Crippen molar-refractivity contribution in [3.63, 3.8) is 0 Å². The lowest BCUT2D eigenvalue weighted by Gasteiger charge is -2.04. The van der Waals surface area contributed by atoms with Crippen LogP contribution >= 0.6 is 0 Å². The van der Waals surface area contributed by atoms with Gasteiger partial charge in [-0.2, -0.15) is 0 Å². The molecule has 0 spiro atoms. The molecular weight excluding hydrogens is 310 g/mol. The standard InChI is InChI=1S/C22H35NO2/c1-2-3-4-5-6-7-8-9-10-11-12-13-14-17-22(24)25-20-21-16-15-18-23-19-21/h6-7,15-16,18-19H,2-5,8-14,17,20H2,1H3/b7-6-. The quantitative estimate of drug-likeness (QED) is 0.210. The van der Waals surface area contributed by atoms with Gasteiger partial charge in [0.15, 0.2) is 0 Å². The molecule has 1 rings (SSSR count). The van der Waals surface area contributed by atoms with Gasteiger partial charge in [-0.15, -0.1) is 0 Å². The SMILES string of the molecule is CCCCC/C=C\CCCCCCCCC(=O)OCc1cccnc1. The second kappa shape index (κ2) is 15.9. The average molecular weight is 346 g/mol. The number of esters is 1. The summed E-state index contributed by atoms with van der Waals surface area (Å²) >= 11 is 0. The number of unbranched alkanes of at least 4 members (excludes halogenated alkanes) is 9. The van der Waals surface area contributed by atoms with Crippen LogP contribution in [-0.4, -0.2) is 11.0 Å². The number of aromatic nitrogens is 1. The fourth-order valence-corrected chi connectivity index (χ4v) is 2.71. The van der Waals surface area contributed by atoms with Crippen molar-refractivity contribution in [3.8, 4) is 0 Å². The minimum atomic E-state index is -0.0999. The van der Waals surface area contributed by atoms with Crippen molar-refractivity contribution in [2.24, 2.45) is 0 Å². The van der Waals surface area contributed by atoms with Crippen molar-refractivity contribution in [1.82, 2.24) is 4.98 Å². The van der Waals surface area contributed by atoms with Crippen LogP contribution in [0.2, 0.25) is 0 Å². The summed E-state index contributed by atoms with van der Waals surface area (Å²) in [4.78, 5) is 15.7. The van der Waals surface area contributed by atoms with E-state index in [1.165, 1.54) is 57.8 Å². The molecule has 25 heavy (non-hydrogen) atoms. The minimum Gasteiger partial charge on any atom is -0.461 e. The third kappa shape index (κ3) is 13.3. The summed E-state index contributed by atoms with van der Waals surface area (Å²) in [5, 5.41) is 0. The third-order valence-electron chi connectivity index (χ3n) is 4.27. The first-order chi connectivity index (χ1) is 12.3. The van der Waals surface area contributed by atoms with Crippen molar-refractivity contribution in [3.05, 3.63) is 42.2 Å². The van der Waals surface area contributed by atoms with Crippen LogP contribution in [0.4, 0.5) is 0 Å². The molecule has 0 N–H and O–H groups in total. The summed E-state index contributed by atoms with van der Waals surface area (Å²) in [5.74, 6) is -0.0999. The van der Waals surface area contributed by atoms with Gasteiger partial charge in [-0.3, -0.25) is 9.78 Å². The molecule has 0 saturated heterocycles. The Bertz CT molecular complexity index is 456. The van der Waals surface area contributed by atoms with Crippen molar-refractivity contribution in [1.29, 1.82) is 0 Å². The summed E-state index contributed by atoms with van der Waals surface area (Å²) in [5.41, 5.74) is 0.940. The van der Waals surface area contributed by atoms with E-state index in [2.05, 4.69) is 24.1 Å². The number of carbonyl (C=O) groups excluding carboxylic acids is 1. The average Bonchev–Trinajstić information content (AvgIpc) is 2.64. The van der Waals surface area contributed by atoms with E-state index in [0.29, 0.717) is 13.0 Å². The second-order valence-corrected chi connectivity index (χ2v) is 6.65. The number of hydrogen-bond acceptors (Lipinski definition) is 3. The number of pyridine rings is 1. The number of carbonyl (C=O) groups is 1. The van der Waals surface area contributed by atoms with Crippen LogP contribution in [0.3, 0.4) is 0 Å². The van der Waals surface area contributed by atoms with E-state index in [-0.39, 0.29) is 5.97 Å². The first-order valence-electron chi connectivity index (χ1n) is 10.0. The number of rotatable bonds is 15. The Balaban J connectivity index is 1.84. The van der Waals surface area contributed by atoms with Gasteiger partial charge in [-0.05, 0) is 38.2 Å². The highest BCUT2D eigenvalue weighted by Gasteiger charge is 2.03. The van der Waals surface area contributed by atoms with Crippen LogP contribution in [0.25, 0.3) is 0 Å². The van der Waals surface area contributed by atoms with E-state index < -0.39 is 0 Å². The monoisotopic (exact) mass is 345 g/mol. The van der Waals surface area contributed by atoms with E-state index in [0.717, 1.165) is 18.4 Å². The van der Waals surface area contributed by atoms with Crippen LogP contribution in [0.5, 0.6) is 0 Å². The molecule has 0 radical (unpaired) electrons.